The SMILES string of the molecule is O=C(Cc1ccc(F)cc1Br)c1c(F)cccc1Cl. The van der Waals surface area contributed by atoms with Crippen LogP contribution in [0.1, 0.15) is 15.9 Å². The molecule has 0 spiro atoms. The molecule has 0 radical (unpaired) electrons. The van der Waals surface area contributed by atoms with Crippen molar-refractivity contribution >= 4 is 33.3 Å². The molecule has 0 bridgehead atoms. The van der Waals surface area contributed by atoms with E-state index >= 15 is 0 Å². The lowest BCUT2D eigenvalue weighted by molar-refractivity contribution is 0.0989. The van der Waals surface area contributed by atoms with E-state index in [9.17, 15) is 13.6 Å². The second-order valence-electron chi connectivity index (χ2n) is 3.93. The van der Waals surface area contributed by atoms with Crippen LogP contribution in [0.25, 0.3) is 0 Å². The van der Waals surface area contributed by atoms with Crippen LogP contribution in [0.4, 0.5) is 8.78 Å². The van der Waals surface area contributed by atoms with Gasteiger partial charge in [-0.3, -0.25) is 4.79 Å². The van der Waals surface area contributed by atoms with Gasteiger partial charge >= 0.3 is 0 Å². The van der Waals surface area contributed by atoms with E-state index in [-0.39, 0.29) is 17.0 Å². The molecular weight excluding hydrogens is 338 g/mol. The van der Waals surface area contributed by atoms with E-state index in [0.29, 0.717) is 10.0 Å². The summed E-state index contributed by atoms with van der Waals surface area (Å²) >= 11 is 8.99. The number of ketones is 1. The van der Waals surface area contributed by atoms with Crippen LogP contribution in [0, 0.1) is 11.6 Å². The standard InChI is InChI=1S/C14H8BrClF2O/c15-10-7-9(17)5-4-8(10)6-13(19)14-11(16)2-1-3-12(14)18/h1-5,7H,6H2. The van der Waals surface area contributed by atoms with Gasteiger partial charge in [0, 0.05) is 10.9 Å². The summed E-state index contributed by atoms with van der Waals surface area (Å²) in [7, 11) is 0. The highest BCUT2D eigenvalue weighted by molar-refractivity contribution is 9.10. The van der Waals surface area contributed by atoms with Crippen molar-refractivity contribution < 1.29 is 13.6 Å². The first-order valence-corrected chi connectivity index (χ1v) is 6.57. The third-order valence-electron chi connectivity index (χ3n) is 2.61. The first-order valence-electron chi connectivity index (χ1n) is 5.40. The molecule has 0 amide bonds. The van der Waals surface area contributed by atoms with Gasteiger partial charge in [-0.2, -0.15) is 0 Å². The average molecular weight is 346 g/mol. The monoisotopic (exact) mass is 344 g/mol. The average Bonchev–Trinajstić information content (AvgIpc) is 2.32. The Hall–Kier alpha value is -1.26. The van der Waals surface area contributed by atoms with Crippen molar-refractivity contribution in [1.82, 2.24) is 0 Å². The van der Waals surface area contributed by atoms with Crippen LogP contribution in [0.5, 0.6) is 0 Å². The molecule has 0 unspecified atom stereocenters. The van der Waals surface area contributed by atoms with E-state index < -0.39 is 17.4 Å². The van der Waals surface area contributed by atoms with Gasteiger partial charge in [0.25, 0.3) is 0 Å². The molecular formula is C14H8BrClF2O. The van der Waals surface area contributed by atoms with Gasteiger partial charge in [-0.05, 0) is 29.8 Å². The topological polar surface area (TPSA) is 17.1 Å². The van der Waals surface area contributed by atoms with Gasteiger partial charge < -0.3 is 0 Å². The highest BCUT2D eigenvalue weighted by Gasteiger charge is 2.17. The quantitative estimate of drug-likeness (QED) is 0.730. The number of rotatable bonds is 3. The molecule has 2 aromatic carbocycles. The minimum Gasteiger partial charge on any atom is -0.294 e. The molecule has 0 N–H and O–H groups in total. The molecule has 1 nitrogen and oxygen atoms in total. The van der Waals surface area contributed by atoms with Gasteiger partial charge in [-0.25, -0.2) is 8.78 Å². The number of carbonyl (C=O) groups is 1. The summed E-state index contributed by atoms with van der Waals surface area (Å²) in [6.07, 6.45) is -0.0541. The first-order chi connectivity index (χ1) is 8.99. The maximum atomic E-state index is 13.6. The minimum absolute atomic E-state index is 0.0541. The second-order valence-corrected chi connectivity index (χ2v) is 5.19. The lowest BCUT2D eigenvalue weighted by Gasteiger charge is -2.07. The first kappa shape index (κ1) is 14.2. The smallest absolute Gasteiger partial charge is 0.171 e. The fraction of sp³-hybridized carbons (Fsp3) is 0.0714. The molecule has 2 aromatic rings. The summed E-state index contributed by atoms with van der Waals surface area (Å²) in [6.45, 7) is 0. The van der Waals surface area contributed by atoms with E-state index in [4.69, 9.17) is 11.6 Å². The summed E-state index contributed by atoms with van der Waals surface area (Å²) in [5.41, 5.74) is 0.436. The van der Waals surface area contributed by atoms with Gasteiger partial charge in [0.1, 0.15) is 11.6 Å². The number of benzene rings is 2. The van der Waals surface area contributed by atoms with Crippen LogP contribution < -0.4 is 0 Å². The lowest BCUT2D eigenvalue weighted by Crippen LogP contribution is -2.07. The maximum absolute atomic E-state index is 13.6. The number of hydrogen-bond acceptors (Lipinski definition) is 1. The zero-order valence-corrected chi connectivity index (χ0v) is 11.9. The van der Waals surface area contributed by atoms with E-state index in [1.165, 1.54) is 36.4 Å². The van der Waals surface area contributed by atoms with Crippen molar-refractivity contribution in [2.45, 2.75) is 6.42 Å². The summed E-state index contributed by atoms with van der Waals surface area (Å²) < 4.78 is 27.0. The predicted octanol–water partition coefficient (Wildman–Crippen LogP) is 4.81. The minimum atomic E-state index is -0.657. The Morgan fingerprint density at radius 2 is 1.95 bits per heavy atom. The highest BCUT2D eigenvalue weighted by atomic mass is 79.9. The molecule has 0 aliphatic heterocycles. The molecule has 0 saturated carbocycles. The van der Waals surface area contributed by atoms with Crippen LogP contribution >= 0.6 is 27.5 Å². The predicted molar refractivity (Wildman–Crippen MR) is 73.5 cm³/mol. The van der Waals surface area contributed by atoms with Gasteiger partial charge in [-0.15, -0.1) is 0 Å². The van der Waals surface area contributed by atoms with E-state index in [2.05, 4.69) is 15.9 Å². The van der Waals surface area contributed by atoms with Crippen molar-refractivity contribution in [2.75, 3.05) is 0 Å². The van der Waals surface area contributed by atoms with Crippen molar-refractivity contribution in [3.05, 3.63) is 68.7 Å². The zero-order valence-electron chi connectivity index (χ0n) is 9.59. The van der Waals surface area contributed by atoms with Gasteiger partial charge in [-0.1, -0.05) is 39.7 Å². The second kappa shape index (κ2) is 5.80. The number of Topliss-reactive ketones (excluding diaryl/α,β-unsaturated/α-hetero) is 1. The molecule has 0 aliphatic rings. The van der Waals surface area contributed by atoms with Gasteiger partial charge in [0.15, 0.2) is 5.78 Å². The normalized spacial score (nSPS) is 10.5. The van der Waals surface area contributed by atoms with E-state index in [1.54, 1.807) is 0 Å². The molecule has 0 aliphatic carbocycles. The van der Waals surface area contributed by atoms with E-state index in [1.807, 2.05) is 0 Å². The molecule has 0 saturated heterocycles. The van der Waals surface area contributed by atoms with Crippen LogP contribution in [0.3, 0.4) is 0 Å². The lowest BCUT2D eigenvalue weighted by atomic mass is 10.0. The van der Waals surface area contributed by atoms with Crippen LogP contribution in [-0.4, -0.2) is 5.78 Å². The largest absolute Gasteiger partial charge is 0.294 e. The Bertz CT molecular complexity index is 623. The summed E-state index contributed by atoms with van der Waals surface area (Å²) in [6, 6.07) is 8.05. The molecule has 98 valence electrons. The maximum Gasteiger partial charge on any atom is 0.171 e. The van der Waals surface area contributed by atoms with Crippen molar-refractivity contribution in [1.29, 1.82) is 0 Å². The van der Waals surface area contributed by atoms with Crippen LogP contribution in [0.15, 0.2) is 40.9 Å². The van der Waals surface area contributed by atoms with Gasteiger partial charge in [0.05, 0.1) is 10.6 Å². The highest BCUT2D eigenvalue weighted by Crippen LogP contribution is 2.24. The van der Waals surface area contributed by atoms with Crippen molar-refractivity contribution in [3.63, 3.8) is 0 Å². The number of halogens is 4. The number of hydrogen-bond donors (Lipinski definition) is 0. The summed E-state index contributed by atoms with van der Waals surface area (Å²) in [5, 5.41) is 0.0724. The molecule has 5 heteroatoms. The molecule has 0 heterocycles. The molecule has 0 aromatic heterocycles. The molecule has 2 rings (SSSR count). The molecule has 19 heavy (non-hydrogen) atoms. The Morgan fingerprint density at radius 1 is 1.21 bits per heavy atom. The van der Waals surface area contributed by atoms with E-state index in [0.717, 1.165) is 0 Å². The van der Waals surface area contributed by atoms with Crippen molar-refractivity contribution in [3.8, 4) is 0 Å². The fourth-order valence-electron chi connectivity index (χ4n) is 1.69. The van der Waals surface area contributed by atoms with Crippen LogP contribution in [-0.2, 0) is 6.42 Å². The third-order valence-corrected chi connectivity index (χ3v) is 3.66. The van der Waals surface area contributed by atoms with Gasteiger partial charge in [0.2, 0.25) is 0 Å². The Labute approximate surface area is 122 Å². The Morgan fingerprint density at radius 3 is 2.58 bits per heavy atom. The summed E-state index contributed by atoms with van der Waals surface area (Å²) in [5.74, 6) is -1.52. The fourth-order valence-corrected chi connectivity index (χ4v) is 2.45. The van der Waals surface area contributed by atoms with Crippen LogP contribution in [0.2, 0.25) is 5.02 Å². The van der Waals surface area contributed by atoms with Crippen molar-refractivity contribution in [2.24, 2.45) is 0 Å². The number of carbonyl (C=O) groups excluding carboxylic acids is 1. The zero-order chi connectivity index (χ0) is 14.0. The Kier molecular flexibility index (Phi) is 4.32. The Balaban J connectivity index is 2.31. The summed E-state index contributed by atoms with van der Waals surface area (Å²) in [4.78, 5) is 12.1. The third kappa shape index (κ3) is 3.19. The molecule has 0 atom stereocenters. The molecule has 0 fully saturated rings.